The Morgan fingerprint density at radius 3 is 2.40 bits per heavy atom. The number of urea groups is 1. The number of hydrogen-bond donors (Lipinski definition) is 4. The van der Waals surface area contributed by atoms with Crippen LogP contribution in [0.5, 0.6) is 0 Å². The van der Waals surface area contributed by atoms with Gasteiger partial charge in [-0.3, -0.25) is 9.69 Å². The Hall–Kier alpha value is -2.12. The molecule has 25 heavy (non-hydrogen) atoms. The predicted octanol–water partition coefficient (Wildman–Crippen LogP) is 1.76. The van der Waals surface area contributed by atoms with Crippen molar-refractivity contribution in [3.8, 4) is 0 Å². The van der Waals surface area contributed by atoms with E-state index in [9.17, 15) is 9.90 Å². The minimum atomic E-state index is -0.696. The number of aliphatic hydroxyl groups is 1. The molecule has 2 amide bonds. The van der Waals surface area contributed by atoms with Crippen molar-refractivity contribution in [3.63, 3.8) is 0 Å². The summed E-state index contributed by atoms with van der Waals surface area (Å²) in [7, 11) is 2.03. The van der Waals surface area contributed by atoms with Gasteiger partial charge in [0.05, 0.1) is 6.10 Å². The third-order valence-electron chi connectivity index (χ3n) is 4.19. The van der Waals surface area contributed by atoms with Gasteiger partial charge in [0, 0.05) is 18.6 Å². The second-order valence-corrected chi connectivity index (χ2v) is 6.37. The Kier molecular flexibility index (Phi) is 10.5. The lowest BCUT2D eigenvalue weighted by Crippen LogP contribution is -2.51. The molecule has 0 aliphatic carbocycles. The van der Waals surface area contributed by atoms with E-state index in [2.05, 4.69) is 36.3 Å². The maximum atomic E-state index is 11.9. The minimum Gasteiger partial charge on any atom is -0.483 e. The Labute approximate surface area is 150 Å². The minimum absolute atomic E-state index is 0.110. The highest BCUT2D eigenvalue weighted by Crippen LogP contribution is 2.16. The first-order valence-electron chi connectivity index (χ1n) is 8.24. The van der Waals surface area contributed by atoms with Gasteiger partial charge in [-0.2, -0.15) is 0 Å². The molecule has 4 N–H and O–H groups in total. The van der Waals surface area contributed by atoms with E-state index in [1.165, 1.54) is 0 Å². The number of carbonyl (C=O) groups excluding carboxylic acids is 1. The van der Waals surface area contributed by atoms with E-state index in [4.69, 9.17) is 9.90 Å². The van der Waals surface area contributed by atoms with Crippen LogP contribution in [0.2, 0.25) is 0 Å². The summed E-state index contributed by atoms with van der Waals surface area (Å²) in [6.07, 6.45) is -0.696. The predicted molar refractivity (Wildman–Crippen MR) is 98.6 cm³/mol. The second kappa shape index (κ2) is 11.4. The molecule has 1 unspecified atom stereocenters. The fourth-order valence-electron chi connectivity index (χ4n) is 2.18. The molecule has 0 spiro atoms. The summed E-state index contributed by atoms with van der Waals surface area (Å²) in [6.45, 7) is 9.60. The molecule has 0 bridgehead atoms. The van der Waals surface area contributed by atoms with Crippen LogP contribution < -0.4 is 10.6 Å². The number of amides is 2. The SMILES string of the molecule is CCN(C)C(C)(C)CNC(=O)NCC(O)c1ccccc1C.O=CO. The summed E-state index contributed by atoms with van der Waals surface area (Å²) in [4.78, 5) is 22.4. The molecule has 0 saturated carbocycles. The molecule has 142 valence electrons. The number of nitrogens with zero attached hydrogens (tertiary/aromatic N) is 1. The normalized spacial score (nSPS) is 12.0. The largest absolute Gasteiger partial charge is 0.483 e. The third-order valence-corrected chi connectivity index (χ3v) is 4.19. The lowest BCUT2D eigenvalue weighted by molar-refractivity contribution is -0.122. The third kappa shape index (κ3) is 8.51. The molecule has 1 atom stereocenters. The number of hydrogen-bond acceptors (Lipinski definition) is 4. The molecule has 0 heterocycles. The summed E-state index contributed by atoms with van der Waals surface area (Å²) < 4.78 is 0. The summed E-state index contributed by atoms with van der Waals surface area (Å²) in [5, 5.41) is 22.6. The van der Waals surface area contributed by atoms with Gasteiger partial charge in [0.2, 0.25) is 0 Å². The van der Waals surface area contributed by atoms with Crippen LogP contribution >= 0.6 is 0 Å². The van der Waals surface area contributed by atoms with Crippen LogP contribution in [0.25, 0.3) is 0 Å². The zero-order valence-corrected chi connectivity index (χ0v) is 15.7. The van der Waals surface area contributed by atoms with Crippen molar-refractivity contribution in [2.75, 3.05) is 26.7 Å². The van der Waals surface area contributed by atoms with Crippen molar-refractivity contribution in [1.82, 2.24) is 15.5 Å². The van der Waals surface area contributed by atoms with Crippen LogP contribution in [0.3, 0.4) is 0 Å². The molecule has 0 saturated heterocycles. The van der Waals surface area contributed by atoms with Crippen molar-refractivity contribution in [1.29, 1.82) is 0 Å². The lowest BCUT2D eigenvalue weighted by Gasteiger charge is -2.35. The van der Waals surface area contributed by atoms with Gasteiger partial charge in [0.1, 0.15) is 0 Å². The van der Waals surface area contributed by atoms with Crippen molar-refractivity contribution in [2.24, 2.45) is 0 Å². The maximum Gasteiger partial charge on any atom is 0.314 e. The van der Waals surface area contributed by atoms with Gasteiger partial charge in [-0.15, -0.1) is 0 Å². The maximum absolute atomic E-state index is 11.9. The van der Waals surface area contributed by atoms with E-state index >= 15 is 0 Å². The molecule has 0 aliphatic heterocycles. The zero-order chi connectivity index (χ0) is 19.5. The topological polar surface area (TPSA) is 102 Å². The number of likely N-dealkylation sites (N-methyl/N-ethyl adjacent to an activating group) is 1. The zero-order valence-electron chi connectivity index (χ0n) is 15.7. The Bertz CT molecular complexity index is 535. The molecule has 7 heteroatoms. The molecular formula is C18H31N3O4. The second-order valence-electron chi connectivity index (χ2n) is 6.37. The molecular weight excluding hydrogens is 322 g/mol. The van der Waals surface area contributed by atoms with Crippen LogP contribution in [0.1, 0.15) is 38.0 Å². The molecule has 1 aromatic carbocycles. The number of benzene rings is 1. The number of nitrogens with one attached hydrogen (secondary N) is 2. The van der Waals surface area contributed by atoms with Gasteiger partial charge >= 0.3 is 6.03 Å². The fourth-order valence-corrected chi connectivity index (χ4v) is 2.18. The van der Waals surface area contributed by atoms with E-state index < -0.39 is 6.10 Å². The van der Waals surface area contributed by atoms with Crippen LogP contribution in [0.15, 0.2) is 24.3 Å². The number of aryl methyl sites for hydroxylation is 1. The highest BCUT2D eigenvalue weighted by molar-refractivity contribution is 5.73. The molecule has 7 nitrogen and oxygen atoms in total. The van der Waals surface area contributed by atoms with E-state index in [1.54, 1.807) is 0 Å². The molecule has 0 fully saturated rings. The van der Waals surface area contributed by atoms with Crippen LogP contribution in [-0.4, -0.2) is 59.8 Å². The monoisotopic (exact) mass is 353 g/mol. The van der Waals surface area contributed by atoms with Gasteiger partial charge in [-0.1, -0.05) is 31.2 Å². The number of carboxylic acid groups (broad SMARTS) is 1. The van der Waals surface area contributed by atoms with Gasteiger partial charge < -0.3 is 20.8 Å². The van der Waals surface area contributed by atoms with Crippen molar-refractivity contribution < 1.29 is 19.8 Å². The number of rotatable bonds is 7. The van der Waals surface area contributed by atoms with Crippen LogP contribution in [0.4, 0.5) is 4.79 Å². The van der Waals surface area contributed by atoms with Crippen LogP contribution in [-0.2, 0) is 4.79 Å². The summed E-state index contributed by atoms with van der Waals surface area (Å²) in [5.74, 6) is 0. The van der Waals surface area contributed by atoms with Crippen LogP contribution in [0, 0.1) is 6.92 Å². The molecule has 1 rings (SSSR count). The first-order chi connectivity index (χ1) is 11.7. The van der Waals surface area contributed by atoms with E-state index in [0.29, 0.717) is 6.54 Å². The van der Waals surface area contributed by atoms with Gasteiger partial charge in [-0.25, -0.2) is 4.79 Å². The summed E-state index contributed by atoms with van der Waals surface area (Å²) in [6, 6.07) is 7.37. The van der Waals surface area contributed by atoms with E-state index in [1.807, 2.05) is 38.2 Å². The lowest BCUT2D eigenvalue weighted by atomic mass is 10.0. The molecule has 0 aliphatic rings. The van der Waals surface area contributed by atoms with Gasteiger partial charge in [0.15, 0.2) is 0 Å². The van der Waals surface area contributed by atoms with E-state index in [-0.39, 0.29) is 24.6 Å². The van der Waals surface area contributed by atoms with Gasteiger partial charge in [0.25, 0.3) is 6.47 Å². The Morgan fingerprint density at radius 2 is 1.88 bits per heavy atom. The number of aliphatic hydroxyl groups excluding tert-OH is 1. The average Bonchev–Trinajstić information content (AvgIpc) is 2.58. The van der Waals surface area contributed by atoms with Gasteiger partial charge in [-0.05, 0) is 45.5 Å². The van der Waals surface area contributed by atoms with Crippen molar-refractivity contribution in [2.45, 2.75) is 39.3 Å². The standard InChI is InChI=1S/C17H29N3O2.CH2O2/c1-6-20(5)17(3,4)12-19-16(22)18-11-15(21)14-10-8-7-9-13(14)2;2-1-3/h7-10,15,21H,6,11-12H2,1-5H3,(H2,18,19,22);1H,(H,2,3). The highest BCUT2D eigenvalue weighted by Gasteiger charge is 2.22. The number of carbonyl (C=O) groups is 2. The van der Waals surface area contributed by atoms with Crippen molar-refractivity contribution in [3.05, 3.63) is 35.4 Å². The quantitative estimate of drug-likeness (QED) is 0.560. The molecule has 1 aromatic rings. The smallest absolute Gasteiger partial charge is 0.314 e. The summed E-state index contributed by atoms with van der Waals surface area (Å²) >= 11 is 0. The van der Waals surface area contributed by atoms with Crippen molar-refractivity contribution >= 4 is 12.5 Å². The molecule has 0 radical (unpaired) electrons. The highest BCUT2D eigenvalue weighted by atomic mass is 16.3. The molecule has 0 aromatic heterocycles. The first kappa shape index (κ1) is 22.9. The first-order valence-corrected chi connectivity index (χ1v) is 8.24. The Balaban J connectivity index is 0.00000178. The summed E-state index contributed by atoms with van der Waals surface area (Å²) in [5.41, 5.74) is 1.75. The average molecular weight is 353 g/mol. The Morgan fingerprint density at radius 1 is 1.32 bits per heavy atom. The van der Waals surface area contributed by atoms with E-state index in [0.717, 1.165) is 17.7 Å². The fraction of sp³-hybridized carbons (Fsp3) is 0.556.